The number of benzene rings is 1. The molecule has 2 saturated heterocycles. The van der Waals surface area contributed by atoms with Crippen LogP contribution in [0.25, 0.3) is 0 Å². The van der Waals surface area contributed by atoms with Crippen molar-refractivity contribution in [2.24, 2.45) is 0 Å². The fourth-order valence-electron chi connectivity index (χ4n) is 3.73. The summed E-state index contributed by atoms with van der Waals surface area (Å²) in [7, 11) is 0. The molecule has 3 amide bonds. The molecular formula is C20H30N3O4+. The molecule has 7 nitrogen and oxygen atoms in total. The molecule has 0 aliphatic carbocycles. The van der Waals surface area contributed by atoms with E-state index in [0.717, 1.165) is 23.6 Å². The molecule has 2 heterocycles. The van der Waals surface area contributed by atoms with Gasteiger partial charge in [-0.3, -0.25) is 9.69 Å². The summed E-state index contributed by atoms with van der Waals surface area (Å²) in [5.41, 5.74) is 0.832. The van der Waals surface area contributed by atoms with Crippen molar-refractivity contribution in [3.8, 4) is 0 Å². The molecular weight excluding hydrogens is 346 g/mol. The molecule has 0 radical (unpaired) electrons. The molecule has 3 rings (SSSR count). The molecule has 0 spiro atoms. The second-order valence-corrected chi connectivity index (χ2v) is 7.97. The van der Waals surface area contributed by atoms with Gasteiger partial charge in [-0.25, -0.2) is 4.79 Å². The van der Waals surface area contributed by atoms with Crippen molar-refractivity contribution in [3.05, 3.63) is 35.4 Å². The molecule has 0 saturated carbocycles. The van der Waals surface area contributed by atoms with E-state index in [1.807, 2.05) is 24.3 Å². The number of urea groups is 1. The predicted molar refractivity (Wildman–Crippen MR) is 101 cm³/mol. The molecule has 2 aliphatic rings. The molecule has 0 bridgehead atoms. The zero-order chi connectivity index (χ0) is 19.6. The summed E-state index contributed by atoms with van der Waals surface area (Å²) < 4.78 is 5.32. The largest absolute Gasteiger partial charge is 0.385 e. The number of imide groups is 1. The van der Waals surface area contributed by atoms with Gasteiger partial charge in [0.15, 0.2) is 0 Å². The normalized spacial score (nSPS) is 25.1. The Balaban J connectivity index is 1.68. The first-order valence-corrected chi connectivity index (χ1v) is 9.65. The van der Waals surface area contributed by atoms with E-state index in [2.05, 4.69) is 19.2 Å². The van der Waals surface area contributed by atoms with E-state index in [1.165, 1.54) is 10.5 Å². The summed E-state index contributed by atoms with van der Waals surface area (Å²) in [6, 6.07) is 7.32. The highest BCUT2D eigenvalue weighted by Crippen LogP contribution is 2.30. The van der Waals surface area contributed by atoms with Crippen molar-refractivity contribution >= 4 is 11.9 Å². The maximum Gasteiger partial charge on any atom is 0.325 e. The van der Waals surface area contributed by atoms with Crippen LogP contribution in [-0.4, -0.2) is 67.4 Å². The fourth-order valence-corrected chi connectivity index (χ4v) is 3.73. The monoisotopic (exact) mass is 376 g/mol. The van der Waals surface area contributed by atoms with E-state index in [1.54, 1.807) is 6.92 Å². The van der Waals surface area contributed by atoms with Crippen molar-refractivity contribution in [3.63, 3.8) is 0 Å². The number of aliphatic hydroxyl groups excluding tert-OH is 1. The van der Waals surface area contributed by atoms with Crippen LogP contribution in [0.3, 0.4) is 0 Å². The van der Waals surface area contributed by atoms with E-state index in [-0.39, 0.29) is 12.5 Å². The number of amides is 3. The maximum atomic E-state index is 13.0. The number of carbonyl (C=O) groups is 2. The summed E-state index contributed by atoms with van der Waals surface area (Å²) >= 11 is 0. The Hall–Kier alpha value is -1.96. The van der Waals surface area contributed by atoms with Gasteiger partial charge in [-0.2, -0.15) is 0 Å². The Morgan fingerprint density at radius 3 is 2.44 bits per heavy atom. The van der Waals surface area contributed by atoms with Crippen LogP contribution < -0.4 is 10.2 Å². The minimum atomic E-state index is -1.10. The Labute approximate surface area is 160 Å². The van der Waals surface area contributed by atoms with Gasteiger partial charge in [0.1, 0.15) is 31.3 Å². The molecule has 148 valence electrons. The number of quaternary nitrogens is 1. The number of ether oxygens (including phenoxy) is 1. The lowest BCUT2D eigenvalue weighted by molar-refractivity contribution is -0.910. The predicted octanol–water partition coefficient (Wildman–Crippen LogP) is -0.147. The number of hydrogen-bond donors (Lipinski definition) is 3. The zero-order valence-electron chi connectivity index (χ0n) is 16.3. The van der Waals surface area contributed by atoms with E-state index in [0.29, 0.717) is 25.7 Å². The molecule has 0 unspecified atom stereocenters. The topological polar surface area (TPSA) is 83.3 Å². The number of nitrogens with one attached hydrogen (secondary N) is 2. The third kappa shape index (κ3) is 4.15. The Kier molecular flexibility index (Phi) is 5.83. The SMILES string of the molecule is CC(C)c1ccc([C@]2(C)NC(=O)N(C[C@@H](O)C[NH+]3CCOCC3)C2=O)cc1. The van der Waals surface area contributed by atoms with Crippen molar-refractivity contribution in [2.75, 3.05) is 39.4 Å². The van der Waals surface area contributed by atoms with Gasteiger partial charge in [0.2, 0.25) is 0 Å². The minimum Gasteiger partial charge on any atom is -0.385 e. The van der Waals surface area contributed by atoms with Crippen molar-refractivity contribution in [2.45, 2.75) is 38.3 Å². The van der Waals surface area contributed by atoms with Crippen molar-refractivity contribution in [1.29, 1.82) is 0 Å². The third-order valence-electron chi connectivity index (χ3n) is 5.55. The molecule has 1 aromatic rings. The molecule has 2 fully saturated rings. The highest BCUT2D eigenvalue weighted by molar-refractivity contribution is 6.07. The number of hydrogen-bond acceptors (Lipinski definition) is 4. The first-order valence-electron chi connectivity index (χ1n) is 9.65. The first-order chi connectivity index (χ1) is 12.8. The van der Waals surface area contributed by atoms with Gasteiger partial charge >= 0.3 is 6.03 Å². The van der Waals surface area contributed by atoms with Crippen molar-refractivity contribution < 1.29 is 24.3 Å². The number of rotatable bonds is 6. The highest BCUT2D eigenvalue weighted by Gasteiger charge is 2.49. The van der Waals surface area contributed by atoms with Crippen LogP contribution in [-0.2, 0) is 15.1 Å². The lowest BCUT2D eigenvalue weighted by Crippen LogP contribution is -3.15. The number of morpholine rings is 1. The molecule has 27 heavy (non-hydrogen) atoms. The molecule has 0 aromatic heterocycles. The van der Waals surface area contributed by atoms with Crippen LogP contribution in [0.15, 0.2) is 24.3 Å². The smallest absolute Gasteiger partial charge is 0.325 e. The van der Waals surface area contributed by atoms with Crippen molar-refractivity contribution in [1.82, 2.24) is 10.2 Å². The van der Waals surface area contributed by atoms with Crippen LogP contribution in [0, 0.1) is 0 Å². The van der Waals surface area contributed by atoms with Crippen LogP contribution >= 0.6 is 0 Å². The summed E-state index contributed by atoms with van der Waals surface area (Å²) in [4.78, 5) is 27.8. The van der Waals surface area contributed by atoms with E-state index in [9.17, 15) is 14.7 Å². The summed E-state index contributed by atoms with van der Waals surface area (Å²) in [5.74, 6) is 0.0795. The highest BCUT2D eigenvalue weighted by atomic mass is 16.5. The average molecular weight is 376 g/mol. The molecule has 3 N–H and O–H groups in total. The fraction of sp³-hybridized carbons (Fsp3) is 0.600. The maximum absolute atomic E-state index is 13.0. The van der Waals surface area contributed by atoms with Gasteiger partial charge < -0.3 is 20.1 Å². The van der Waals surface area contributed by atoms with Crippen LogP contribution in [0.1, 0.15) is 37.8 Å². The number of aliphatic hydroxyl groups is 1. The minimum absolute atomic E-state index is 0.00862. The van der Waals surface area contributed by atoms with Gasteiger partial charge in [-0.1, -0.05) is 38.1 Å². The summed E-state index contributed by atoms with van der Waals surface area (Å²) in [6.07, 6.45) is -0.751. The van der Waals surface area contributed by atoms with Gasteiger partial charge in [-0.15, -0.1) is 0 Å². The van der Waals surface area contributed by atoms with Gasteiger partial charge in [0.05, 0.1) is 19.8 Å². The Morgan fingerprint density at radius 1 is 1.22 bits per heavy atom. The van der Waals surface area contributed by atoms with E-state index < -0.39 is 17.7 Å². The van der Waals surface area contributed by atoms with Crippen LogP contribution in [0.5, 0.6) is 0 Å². The lowest BCUT2D eigenvalue weighted by Gasteiger charge is -2.27. The Bertz CT molecular complexity index is 685. The van der Waals surface area contributed by atoms with Gasteiger partial charge in [-0.05, 0) is 24.0 Å². The summed E-state index contributed by atoms with van der Waals surface area (Å²) in [5, 5.41) is 13.2. The second kappa shape index (κ2) is 7.96. The number of β-amino-alcohol motifs (C(OH)–C–C–N with tert-alkyl or cyclic N) is 1. The quantitative estimate of drug-likeness (QED) is 0.603. The Morgan fingerprint density at radius 2 is 1.85 bits per heavy atom. The summed E-state index contributed by atoms with van der Waals surface area (Å²) in [6.45, 7) is 9.46. The molecule has 1 aromatic carbocycles. The second-order valence-electron chi connectivity index (χ2n) is 7.97. The number of carbonyl (C=O) groups excluding carboxylic acids is 2. The van der Waals surface area contributed by atoms with E-state index in [4.69, 9.17) is 4.74 Å². The van der Waals surface area contributed by atoms with Gasteiger partial charge in [0, 0.05) is 0 Å². The third-order valence-corrected chi connectivity index (χ3v) is 5.55. The molecule has 7 heteroatoms. The van der Waals surface area contributed by atoms with Crippen LogP contribution in [0.2, 0.25) is 0 Å². The van der Waals surface area contributed by atoms with Gasteiger partial charge in [0.25, 0.3) is 5.91 Å². The standard InChI is InChI=1S/C20H29N3O4/c1-14(2)15-4-6-16(7-5-15)20(3)18(25)23(19(26)21-20)13-17(24)12-22-8-10-27-11-9-22/h4-7,14,17,24H,8-13H2,1-3H3,(H,21,26)/p+1/t17-,20-/m0/s1. The van der Waals surface area contributed by atoms with Crippen LogP contribution in [0.4, 0.5) is 4.79 Å². The molecule has 2 aliphatic heterocycles. The zero-order valence-corrected chi connectivity index (χ0v) is 16.3. The first kappa shape index (κ1) is 19.8. The lowest BCUT2D eigenvalue weighted by atomic mass is 9.90. The average Bonchev–Trinajstić information content (AvgIpc) is 2.86. The number of nitrogens with zero attached hydrogens (tertiary/aromatic N) is 1. The molecule has 2 atom stereocenters. The van der Waals surface area contributed by atoms with E-state index >= 15 is 0 Å².